The molecule has 4 rings (SSSR count). The quantitative estimate of drug-likeness (QED) is 0.366. The summed E-state index contributed by atoms with van der Waals surface area (Å²) >= 11 is 0. The molecule has 1 atom stereocenters. The Balaban J connectivity index is 1.51. The monoisotopic (exact) mass is 442 g/mol. The van der Waals surface area contributed by atoms with Gasteiger partial charge in [-0.3, -0.25) is 4.99 Å². The second-order valence-corrected chi connectivity index (χ2v) is 9.70. The van der Waals surface area contributed by atoms with E-state index in [9.17, 15) is 0 Å². The highest BCUT2D eigenvalue weighted by Crippen LogP contribution is 2.44. The first kappa shape index (κ1) is 22.9. The third-order valence-electron chi connectivity index (χ3n) is 6.31. The van der Waals surface area contributed by atoms with Gasteiger partial charge in [0.1, 0.15) is 5.75 Å². The van der Waals surface area contributed by atoms with Crippen molar-refractivity contribution in [2.45, 2.75) is 58.5 Å². The molecular formula is C29H34N2O2. The van der Waals surface area contributed by atoms with Crippen LogP contribution in [0.5, 0.6) is 17.2 Å². The van der Waals surface area contributed by atoms with E-state index in [0.29, 0.717) is 23.5 Å². The maximum atomic E-state index is 5.96. The molecule has 0 N–H and O–H groups in total. The van der Waals surface area contributed by atoms with Crippen LogP contribution in [0.1, 0.15) is 58.1 Å². The largest absolute Gasteiger partial charge is 0.493 e. The van der Waals surface area contributed by atoms with E-state index in [1.165, 1.54) is 11.3 Å². The molecule has 0 saturated carbocycles. The van der Waals surface area contributed by atoms with Gasteiger partial charge in [0.05, 0.1) is 12.8 Å². The molecule has 172 valence electrons. The number of methoxy groups -OCH3 is 1. The molecule has 0 aliphatic carbocycles. The molecule has 1 heterocycles. The molecule has 3 aromatic rings. The van der Waals surface area contributed by atoms with Gasteiger partial charge in [-0.05, 0) is 99.7 Å². The zero-order valence-corrected chi connectivity index (χ0v) is 20.5. The van der Waals surface area contributed by atoms with Crippen molar-refractivity contribution in [1.82, 2.24) is 0 Å². The standard InChI is InChI=1S/C29H34N2O2/c1-20(2)31-26-16-11-22(17-25(26)21(3)18-29(31,4)5)19-30-23-12-14-24(15-13-23)33-28-10-8-7-9-27(28)32-6/h7-17,19-21H,18H2,1-6H3. The van der Waals surface area contributed by atoms with Gasteiger partial charge in [0.15, 0.2) is 11.5 Å². The highest BCUT2D eigenvalue weighted by molar-refractivity contribution is 5.84. The van der Waals surface area contributed by atoms with Crippen molar-refractivity contribution >= 4 is 17.6 Å². The Morgan fingerprint density at radius 3 is 2.36 bits per heavy atom. The number of para-hydroxylation sites is 2. The Hall–Kier alpha value is -3.27. The number of fused-ring (bicyclic) bond motifs is 1. The first-order chi connectivity index (χ1) is 15.8. The minimum absolute atomic E-state index is 0.157. The summed E-state index contributed by atoms with van der Waals surface area (Å²) < 4.78 is 11.3. The SMILES string of the molecule is COc1ccccc1Oc1ccc(N=Cc2ccc3c(c2)C(C)CC(C)(C)N3C(C)C)cc1. The van der Waals surface area contributed by atoms with Gasteiger partial charge in [0, 0.05) is 23.5 Å². The summed E-state index contributed by atoms with van der Waals surface area (Å²) in [5, 5.41) is 0. The molecule has 0 bridgehead atoms. The molecule has 1 aliphatic heterocycles. The molecule has 3 aromatic carbocycles. The summed E-state index contributed by atoms with van der Waals surface area (Å²) in [5.74, 6) is 2.67. The minimum Gasteiger partial charge on any atom is -0.493 e. The second kappa shape index (κ2) is 9.30. The molecule has 0 fully saturated rings. The fraction of sp³-hybridized carbons (Fsp3) is 0.345. The van der Waals surface area contributed by atoms with Crippen molar-refractivity contribution in [2.24, 2.45) is 4.99 Å². The normalized spacial score (nSPS) is 17.3. The van der Waals surface area contributed by atoms with Crippen molar-refractivity contribution in [1.29, 1.82) is 0 Å². The van der Waals surface area contributed by atoms with Gasteiger partial charge in [-0.15, -0.1) is 0 Å². The molecule has 0 radical (unpaired) electrons. The van der Waals surface area contributed by atoms with E-state index in [1.807, 2.05) is 54.7 Å². The van der Waals surface area contributed by atoms with Crippen LogP contribution in [0.2, 0.25) is 0 Å². The first-order valence-electron chi connectivity index (χ1n) is 11.7. The number of benzene rings is 3. The molecular weight excluding hydrogens is 408 g/mol. The first-order valence-corrected chi connectivity index (χ1v) is 11.7. The predicted octanol–water partition coefficient (Wildman–Crippen LogP) is 7.74. The van der Waals surface area contributed by atoms with Crippen molar-refractivity contribution in [3.8, 4) is 17.2 Å². The number of nitrogens with zero attached hydrogens (tertiary/aromatic N) is 2. The molecule has 0 aromatic heterocycles. The molecule has 1 unspecified atom stereocenters. The lowest BCUT2D eigenvalue weighted by atomic mass is 9.79. The number of rotatable bonds is 6. The molecule has 0 saturated heterocycles. The van der Waals surface area contributed by atoms with Crippen molar-refractivity contribution < 1.29 is 9.47 Å². The van der Waals surface area contributed by atoms with Crippen LogP contribution in [0.15, 0.2) is 71.7 Å². The molecule has 0 spiro atoms. The minimum atomic E-state index is 0.157. The summed E-state index contributed by atoms with van der Waals surface area (Å²) in [6.07, 6.45) is 3.09. The third kappa shape index (κ3) is 4.90. The maximum Gasteiger partial charge on any atom is 0.169 e. The van der Waals surface area contributed by atoms with Gasteiger partial charge in [0.2, 0.25) is 0 Å². The average Bonchev–Trinajstić information content (AvgIpc) is 2.78. The Morgan fingerprint density at radius 2 is 1.70 bits per heavy atom. The average molecular weight is 443 g/mol. The molecule has 33 heavy (non-hydrogen) atoms. The van der Waals surface area contributed by atoms with Gasteiger partial charge < -0.3 is 14.4 Å². The van der Waals surface area contributed by atoms with E-state index in [-0.39, 0.29) is 5.54 Å². The Labute approximate surface area is 197 Å². The van der Waals surface area contributed by atoms with Crippen molar-refractivity contribution in [2.75, 3.05) is 12.0 Å². The van der Waals surface area contributed by atoms with Crippen LogP contribution in [0.4, 0.5) is 11.4 Å². The number of ether oxygens (including phenoxy) is 2. The van der Waals surface area contributed by atoms with Crippen LogP contribution in [0.25, 0.3) is 0 Å². The number of anilines is 1. The zero-order valence-electron chi connectivity index (χ0n) is 20.5. The topological polar surface area (TPSA) is 34.1 Å². The summed E-state index contributed by atoms with van der Waals surface area (Å²) in [5.41, 5.74) is 4.93. The fourth-order valence-corrected chi connectivity index (χ4v) is 5.11. The number of aliphatic imine (C=N–C) groups is 1. The van der Waals surface area contributed by atoms with Crippen LogP contribution in [-0.2, 0) is 0 Å². The van der Waals surface area contributed by atoms with E-state index in [1.54, 1.807) is 7.11 Å². The number of hydrogen-bond acceptors (Lipinski definition) is 4. The summed E-state index contributed by atoms with van der Waals surface area (Å²) in [6, 6.07) is 22.6. The lowest BCUT2D eigenvalue weighted by Crippen LogP contribution is -2.51. The van der Waals surface area contributed by atoms with E-state index >= 15 is 0 Å². The molecule has 4 heteroatoms. The van der Waals surface area contributed by atoms with Gasteiger partial charge in [-0.2, -0.15) is 0 Å². The van der Waals surface area contributed by atoms with Crippen molar-refractivity contribution in [3.63, 3.8) is 0 Å². The summed E-state index contributed by atoms with van der Waals surface area (Å²) in [6.45, 7) is 11.6. The Morgan fingerprint density at radius 1 is 1.00 bits per heavy atom. The lowest BCUT2D eigenvalue weighted by Gasteiger charge is -2.50. The van der Waals surface area contributed by atoms with Crippen LogP contribution >= 0.6 is 0 Å². The molecule has 4 nitrogen and oxygen atoms in total. The number of hydrogen-bond donors (Lipinski definition) is 0. The summed E-state index contributed by atoms with van der Waals surface area (Å²) in [4.78, 5) is 7.26. The van der Waals surface area contributed by atoms with Crippen LogP contribution in [-0.4, -0.2) is 24.9 Å². The molecule has 0 amide bonds. The Bertz CT molecular complexity index is 1130. The highest BCUT2D eigenvalue weighted by atomic mass is 16.5. The van der Waals surface area contributed by atoms with Crippen LogP contribution < -0.4 is 14.4 Å². The van der Waals surface area contributed by atoms with Crippen LogP contribution in [0, 0.1) is 0 Å². The Kier molecular flexibility index (Phi) is 6.46. The van der Waals surface area contributed by atoms with E-state index in [0.717, 1.165) is 23.4 Å². The zero-order chi connectivity index (χ0) is 23.6. The highest BCUT2D eigenvalue weighted by Gasteiger charge is 2.37. The maximum absolute atomic E-state index is 5.96. The van der Waals surface area contributed by atoms with E-state index in [4.69, 9.17) is 14.5 Å². The lowest BCUT2D eigenvalue weighted by molar-refractivity contribution is 0.356. The van der Waals surface area contributed by atoms with Gasteiger partial charge in [-0.25, -0.2) is 0 Å². The van der Waals surface area contributed by atoms with Crippen LogP contribution in [0.3, 0.4) is 0 Å². The van der Waals surface area contributed by atoms with Crippen molar-refractivity contribution in [3.05, 3.63) is 77.9 Å². The smallest absolute Gasteiger partial charge is 0.169 e. The van der Waals surface area contributed by atoms with Gasteiger partial charge >= 0.3 is 0 Å². The summed E-state index contributed by atoms with van der Waals surface area (Å²) in [7, 11) is 1.64. The van der Waals surface area contributed by atoms with E-state index in [2.05, 4.69) is 57.7 Å². The van der Waals surface area contributed by atoms with E-state index < -0.39 is 0 Å². The van der Waals surface area contributed by atoms with Gasteiger partial charge in [0.25, 0.3) is 0 Å². The van der Waals surface area contributed by atoms with Gasteiger partial charge in [-0.1, -0.05) is 25.1 Å². The third-order valence-corrected chi connectivity index (χ3v) is 6.31. The fourth-order valence-electron chi connectivity index (χ4n) is 5.11. The second-order valence-electron chi connectivity index (χ2n) is 9.70. The molecule has 1 aliphatic rings. The predicted molar refractivity (Wildman–Crippen MR) is 138 cm³/mol.